The zero-order valence-corrected chi connectivity index (χ0v) is 47.1. The Morgan fingerprint density at radius 1 is 0.588 bits per heavy atom. The fourth-order valence-corrected chi connectivity index (χ4v) is 9.84. The highest BCUT2D eigenvalue weighted by Crippen LogP contribution is 2.39. The van der Waals surface area contributed by atoms with Gasteiger partial charge in [-0.1, -0.05) is 48.5 Å². The van der Waals surface area contributed by atoms with Crippen molar-refractivity contribution in [2.45, 2.75) is 90.6 Å². The number of benzene rings is 2. The molecule has 1 N–H and O–H groups in total. The fraction of sp³-hybridized carbons (Fsp3) is 0.351. The third kappa shape index (κ3) is 11.9. The Morgan fingerprint density at radius 2 is 1.02 bits per heavy atom. The zero-order valence-electron chi connectivity index (χ0n) is 47.1. The van der Waals surface area contributed by atoms with E-state index in [9.17, 15) is 31.1 Å². The van der Waals surface area contributed by atoms with Crippen LogP contribution >= 0.6 is 0 Å². The van der Waals surface area contributed by atoms with Gasteiger partial charge in [-0.2, -0.15) is 36.5 Å². The number of fused-ring (bicyclic) bond motifs is 2. The minimum Gasteiger partial charge on any atom is -0.480 e. The molecule has 0 radical (unpaired) electrons. The lowest BCUT2D eigenvalue weighted by molar-refractivity contribution is -0.141. The number of nitrogens with zero attached hydrogens (tertiary/aromatic N) is 17. The lowest BCUT2D eigenvalue weighted by Gasteiger charge is -2.39. The second kappa shape index (κ2) is 22.9. The normalized spacial score (nSPS) is 14.1. The topological polar surface area (TPSA) is 234 Å². The van der Waals surface area contributed by atoms with Crippen LogP contribution in [0.25, 0.3) is 67.6 Å². The standard InChI is InChI=1S/C31H32F3N9O3.C26H24F3N9O/c1-6-41-16-22(31(32,33)34)39-26(41)19-9-7-18(8-10-19)13-43-27-20(12-38-43)11-35-25(40-27)23-24(36-17-37-28(23)45-5)21-14-42(15-21)29(44)46-30(2,3)4;1-3-37-13-19(26(27,28)29)35-23(37)16-6-4-15(5-7-16)12-38-24-18(11-34-38)10-31-22(36-24)20-21(17-8-30-9-17)32-14-33-25(20)39-2/h7-12,16-17,21H,6,13-15H2,1-5H3;4-7,10-11,13-14,17,30H,3,8-9,12H2,1-2H3. The van der Waals surface area contributed by atoms with Crippen LogP contribution in [0.3, 0.4) is 0 Å². The maximum Gasteiger partial charge on any atom is 0.434 e. The highest BCUT2D eigenvalue weighted by Gasteiger charge is 2.39. The van der Waals surface area contributed by atoms with E-state index in [1.54, 1.807) is 84.3 Å². The first kappa shape index (κ1) is 57.4. The number of aromatic nitrogens is 16. The average Bonchev–Trinajstić information content (AvgIpc) is 3.03. The molecule has 0 bridgehead atoms. The molecule has 2 aliphatic rings. The predicted molar refractivity (Wildman–Crippen MR) is 297 cm³/mol. The van der Waals surface area contributed by atoms with Gasteiger partial charge in [-0.05, 0) is 45.7 Å². The largest absolute Gasteiger partial charge is 0.480 e. The highest BCUT2D eigenvalue weighted by atomic mass is 19.4. The van der Waals surface area contributed by atoms with E-state index in [0.717, 1.165) is 47.7 Å². The third-order valence-corrected chi connectivity index (χ3v) is 14.3. The lowest BCUT2D eigenvalue weighted by Crippen LogP contribution is -2.50. The van der Waals surface area contributed by atoms with Crippen LogP contribution in [0.15, 0.2) is 98.4 Å². The van der Waals surface area contributed by atoms with Crippen molar-refractivity contribution in [3.05, 3.63) is 132 Å². The second-order valence-electron chi connectivity index (χ2n) is 21.1. The van der Waals surface area contributed by atoms with Gasteiger partial charge < -0.3 is 33.6 Å². The number of carbonyl (C=O) groups is 1. The molecule has 2 aliphatic heterocycles. The van der Waals surface area contributed by atoms with Gasteiger partial charge in [-0.25, -0.2) is 64.0 Å². The van der Waals surface area contributed by atoms with Gasteiger partial charge in [0.05, 0.1) is 61.9 Å². The molecular formula is C57H56F6N18O4. The first-order chi connectivity index (χ1) is 40.7. The Balaban J connectivity index is 0.000000179. The van der Waals surface area contributed by atoms with Crippen LogP contribution in [-0.2, 0) is 43.3 Å². The summed E-state index contributed by atoms with van der Waals surface area (Å²) in [6.07, 6.45) is 2.29. The summed E-state index contributed by atoms with van der Waals surface area (Å²) in [5.41, 5.74) is 4.38. The van der Waals surface area contributed by atoms with Crippen LogP contribution in [0.1, 0.15) is 80.4 Å². The number of hydrogen-bond donors (Lipinski definition) is 1. The second-order valence-corrected chi connectivity index (χ2v) is 21.1. The van der Waals surface area contributed by atoms with E-state index in [1.165, 1.54) is 28.9 Å². The maximum absolute atomic E-state index is 13.3. The third-order valence-electron chi connectivity index (χ3n) is 14.3. The first-order valence-corrected chi connectivity index (χ1v) is 27.0. The number of imidazole rings is 2. The Morgan fingerprint density at radius 3 is 1.40 bits per heavy atom. The molecule has 28 heteroatoms. The molecule has 10 heterocycles. The Bertz CT molecular complexity index is 4050. The van der Waals surface area contributed by atoms with Gasteiger partial charge >= 0.3 is 18.4 Å². The number of nitrogens with one attached hydrogen (secondary N) is 1. The number of ether oxygens (including phenoxy) is 3. The molecule has 22 nitrogen and oxygen atoms in total. The maximum atomic E-state index is 13.3. The van der Waals surface area contributed by atoms with Gasteiger partial charge in [-0.15, -0.1) is 0 Å². The first-order valence-electron chi connectivity index (χ1n) is 27.0. The molecule has 10 aromatic rings. The molecular weight excluding hydrogens is 1110 g/mol. The number of rotatable bonds is 14. The molecule has 440 valence electrons. The molecule has 0 unspecified atom stereocenters. The van der Waals surface area contributed by atoms with Crippen molar-refractivity contribution in [2.75, 3.05) is 40.4 Å². The Kier molecular flexibility index (Phi) is 15.5. The quantitative estimate of drug-likeness (QED) is 0.0998. The van der Waals surface area contributed by atoms with E-state index >= 15 is 0 Å². The van der Waals surface area contributed by atoms with Crippen LogP contribution in [0.2, 0.25) is 0 Å². The smallest absolute Gasteiger partial charge is 0.434 e. The Hall–Kier alpha value is -9.47. The van der Waals surface area contributed by atoms with Crippen molar-refractivity contribution in [2.24, 2.45) is 0 Å². The van der Waals surface area contributed by atoms with Gasteiger partial charge in [0.15, 0.2) is 34.3 Å². The van der Waals surface area contributed by atoms with Crippen molar-refractivity contribution in [1.82, 2.24) is 88.8 Å². The number of alkyl halides is 6. The number of likely N-dealkylation sites (tertiary alicyclic amines) is 1. The minimum atomic E-state index is -4.52. The van der Waals surface area contributed by atoms with Gasteiger partial charge in [0.25, 0.3) is 0 Å². The van der Waals surface area contributed by atoms with Crippen LogP contribution in [0.5, 0.6) is 11.8 Å². The summed E-state index contributed by atoms with van der Waals surface area (Å²) in [7, 11) is 3.06. The van der Waals surface area contributed by atoms with Gasteiger partial charge in [0.1, 0.15) is 41.0 Å². The van der Waals surface area contributed by atoms with Gasteiger partial charge in [-0.3, -0.25) is 0 Å². The van der Waals surface area contributed by atoms with E-state index in [2.05, 4.69) is 55.4 Å². The van der Waals surface area contributed by atoms with Crippen LogP contribution < -0.4 is 14.8 Å². The van der Waals surface area contributed by atoms with Crippen molar-refractivity contribution in [3.63, 3.8) is 0 Å². The van der Waals surface area contributed by atoms with Crippen molar-refractivity contribution < 1.29 is 45.3 Å². The molecule has 8 aromatic heterocycles. The molecule has 0 aliphatic carbocycles. The van der Waals surface area contributed by atoms with Crippen LogP contribution in [0.4, 0.5) is 31.1 Å². The monoisotopic (exact) mass is 1170 g/mol. The van der Waals surface area contributed by atoms with E-state index in [1.807, 2.05) is 45.0 Å². The van der Waals surface area contributed by atoms with Crippen molar-refractivity contribution in [3.8, 4) is 57.3 Å². The summed E-state index contributed by atoms with van der Waals surface area (Å²) in [5, 5.41) is 13.7. The molecule has 1 amide bonds. The molecule has 2 aromatic carbocycles. The summed E-state index contributed by atoms with van der Waals surface area (Å²) < 4.78 is 102. The summed E-state index contributed by atoms with van der Waals surface area (Å²) in [6, 6.07) is 14.4. The number of methoxy groups -OCH3 is 2. The summed E-state index contributed by atoms with van der Waals surface area (Å²) >= 11 is 0. The van der Waals surface area contributed by atoms with Gasteiger partial charge in [0, 0.05) is 87.0 Å². The van der Waals surface area contributed by atoms with Gasteiger partial charge in [0.2, 0.25) is 11.8 Å². The van der Waals surface area contributed by atoms with E-state index in [4.69, 9.17) is 24.2 Å². The van der Waals surface area contributed by atoms with E-state index in [-0.39, 0.29) is 29.6 Å². The lowest BCUT2D eigenvalue weighted by atomic mass is 9.93. The molecule has 0 spiro atoms. The molecule has 85 heavy (non-hydrogen) atoms. The number of carbonyl (C=O) groups excluding carboxylic acids is 1. The van der Waals surface area contributed by atoms with Crippen molar-refractivity contribution in [1.29, 1.82) is 0 Å². The number of aryl methyl sites for hydroxylation is 2. The highest BCUT2D eigenvalue weighted by molar-refractivity contribution is 5.79. The average molecular weight is 1170 g/mol. The molecule has 0 saturated carbocycles. The summed E-state index contributed by atoms with van der Waals surface area (Å²) in [4.78, 5) is 58.2. The number of amides is 1. The fourth-order valence-electron chi connectivity index (χ4n) is 9.84. The van der Waals surface area contributed by atoms with Crippen LogP contribution in [0, 0.1) is 0 Å². The summed E-state index contributed by atoms with van der Waals surface area (Å²) in [6.45, 7) is 12.9. The molecule has 0 atom stereocenters. The Labute approximate surface area is 481 Å². The van der Waals surface area contributed by atoms with Crippen molar-refractivity contribution >= 4 is 28.2 Å². The predicted octanol–water partition coefficient (Wildman–Crippen LogP) is 9.51. The zero-order chi connectivity index (χ0) is 60.0. The minimum absolute atomic E-state index is 0.0994. The van der Waals surface area contributed by atoms with E-state index in [0.29, 0.717) is 107 Å². The number of hydrogen-bond acceptors (Lipinski definition) is 17. The summed E-state index contributed by atoms with van der Waals surface area (Å²) in [5.74, 6) is 2.15. The van der Waals surface area contributed by atoms with Crippen LogP contribution in [-0.4, -0.2) is 136 Å². The SMILES string of the molecule is CCn1cc(C(F)(F)F)nc1-c1ccc(Cn2ncc3cnc(-c4c(OC)ncnc4C4CN(C(=O)OC(C)(C)C)C4)nc32)cc1.CCn1cc(C(F)(F)F)nc1-c1ccc(Cn2ncc3cnc(-c4c(OC)ncnc4C4CNC4)nc32)cc1. The molecule has 2 fully saturated rings. The van der Waals surface area contributed by atoms with E-state index < -0.39 is 29.3 Å². The number of halogens is 6. The molecule has 12 rings (SSSR count). The molecule has 2 saturated heterocycles.